The first kappa shape index (κ1) is 13.1. The molecular weight excluding hydrogens is 268 g/mol. The molecule has 1 unspecified atom stereocenters. The molecule has 0 spiro atoms. The summed E-state index contributed by atoms with van der Waals surface area (Å²) < 4.78 is 0. The van der Waals surface area contributed by atoms with Gasteiger partial charge in [-0.2, -0.15) is 10.2 Å². The Morgan fingerprint density at radius 2 is 1.55 bits per heavy atom. The van der Waals surface area contributed by atoms with Crippen LogP contribution < -0.4 is 0 Å². The predicted molar refractivity (Wildman–Crippen MR) is 83.0 cm³/mol. The number of hydrogen-bond acceptors (Lipinski definition) is 2. The van der Waals surface area contributed by atoms with Crippen LogP contribution in [0.25, 0.3) is 10.8 Å². The van der Waals surface area contributed by atoms with Crippen LogP contribution in [-0.4, -0.2) is 10.2 Å². The second-order valence-corrected chi connectivity index (χ2v) is 5.39. The molecule has 0 fully saturated rings. The first-order valence-electron chi connectivity index (χ1n) is 6.65. The number of hydrogen-bond donors (Lipinski definition) is 0. The minimum atomic E-state index is -0.0865. The van der Waals surface area contributed by atoms with Crippen molar-refractivity contribution in [1.82, 2.24) is 10.2 Å². The molecular formula is C17H15ClN2. The van der Waals surface area contributed by atoms with Gasteiger partial charge in [0.1, 0.15) is 0 Å². The minimum Gasteiger partial charge on any atom is -0.155 e. The number of nitrogens with zero attached hydrogens (tertiary/aromatic N) is 2. The van der Waals surface area contributed by atoms with E-state index in [0.29, 0.717) is 6.42 Å². The Kier molecular flexibility index (Phi) is 3.66. The lowest BCUT2D eigenvalue weighted by molar-refractivity contribution is 0.842. The molecule has 0 bridgehead atoms. The van der Waals surface area contributed by atoms with Crippen molar-refractivity contribution in [2.75, 3.05) is 0 Å². The molecule has 3 heteroatoms. The minimum absolute atomic E-state index is 0.0865. The van der Waals surface area contributed by atoms with E-state index in [1.165, 1.54) is 0 Å². The molecule has 3 aromatic rings. The fourth-order valence-corrected chi connectivity index (χ4v) is 2.69. The molecule has 0 N–H and O–H groups in total. The Bertz CT molecular complexity index is 725. The Labute approximate surface area is 123 Å². The Hall–Kier alpha value is -1.93. The van der Waals surface area contributed by atoms with Crippen molar-refractivity contribution >= 4 is 22.4 Å². The van der Waals surface area contributed by atoms with Gasteiger partial charge in [0.05, 0.1) is 16.8 Å². The van der Waals surface area contributed by atoms with Crippen molar-refractivity contribution in [3.05, 3.63) is 71.5 Å². The van der Waals surface area contributed by atoms with Gasteiger partial charge >= 0.3 is 0 Å². The predicted octanol–water partition coefficient (Wildman–Crippen LogP) is 4.46. The quantitative estimate of drug-likeness (QED) is 0.663. The topological polar surface area (TPSA) is 25.8 Å². The van der Waals surface area contributed by atoms with Crippen LogP contribution in [0.4, 0.5) is 0 Å². The first-order chi connectivity index (χ1) is 9.75. The molecule has 0 saturated carbocycles. The summed E-state index contributed by atoms with van der Waals surface area (Å²) >= 11 is 6.51. The Morgan fingerprint density at radius 3 is 2.30 bits per heavy atom. The average molecular weight is 283 g/mol. The normalized spacial score (nSPS) is 12.5. The number of aromatic nitrogens is 2. The highest BCUT2D eigenvalue weighted by molar-refractivity contribution is 6.21. The van der Waals surface area contributed by atoms with Crippen LogP contribution in [0, 0.1) is 6.92 Å². The third kappa shape index (κ3) is 2.52. The summed E-state index contributed by atoms with van der Waals surface area (Å²) in [7, 11) is 0. The monoisotopic (exact) mass is 282 g/mol. The zero-order chi connectivity index (χ0) is 13.9. The van der Waals surface area contributed by atoms with Gasteiger partial charge in [0.15, 0.2) is 0 Å². The van der Waals surface area contributed by atoms with E-state index in [0.717, 1.165) is 27.7 Å². The fourth-order valence-electron chi connectivity index (χ4n) is 2.39. The molecule has 0 saturated heterocycles. The lowest BCUT2D eigenvalue weighted by atomic mass is 10.0. The van der Waals surface area contributed by atoms with E-state index in [2.05, 4.69) is 22.3 Å². The molecule has 1 aromatic heterocycles. The largest absolute Gasteiger partial charge is 0.155 e. The van der Waals surface area contributed by atoms with Crippen LogP contribution in [0.2, 0.25) is 0 Å². The number of rotatable bonds is 3. The lowest BCUT2D eigenvalue weighted by Crippen LogP contribution is -2.02. The summed E-state index contributed by atoms with van der Waals surface area (Å²) in [5.74, 6) is 0. The third-order valence-corrected chi connectivity index (χ3v) is 3.89. The zero-order valence-electron chi connectivity index (χ0n) is 11.3. The van der Waals surface area contributed by atoms with Crippen molar-refractivity contribution in [2.24, 2.45) is 0 Å². The lowest BCUT2D eigenvalue weighted by Gasteiger charge is -2.11. The second kappa shape index (κ2) is 5.59. The van der Waals surface area contributed by atoms with E-state index in [-0.39, 0.29) is 5.38 Å². The summed E-state index contributed by atoms with van der Waals surface area (Å²) in [4.78, 5) is 0. The molecule has 1 atom stereocenters. The maximum absolute atomic E-state index is 6.51. The van der Waals surface area contributed by atoms with Crippen LogP contribution in [0.5, 0.6) is 0 Å². The summed E-state index contributed by atoms with van der Waals surface area (Å²) in [5.41, 5.74) is 3.02. The summed E-state index contributed by atoms with van der Waals surface area (Å²) in [6, 6.07) is 18.3. The van der Waals surface area contributed by atoms with Gasteiger partial charge in [0.2, 0.25) is 0 Å². The van der Waals surface area contributed by atoms with Gasteiger partial charge in [0.25, 0.3) is 0 Å². The summed E-state index contributed by atoms with van der Waals surface area (Å²) in [6.07, 6.45) is 0.680. The van der Waals surface area contributed by atoms with E-state index >= 15 is 0 Å². The maximum atomic E-state index is 6.51. The van der Waals surface area contributed by atoms with Crippen LogP contribution in [0.1, 0.15) is 22.3 Å². The van der Waals surface area contributed by atoms with Gasteiger partial charge in [0, 0.05) is 17.2 Å². The zero-order valence-corrected chi connectivity index (χ0v) is 12.0. The molecule has 0 aliphatic carbocycles. The molecule has 3 rings (SSSR count). The SMILES string of the molecule is Cc1nnc(CC(Cl)c2ccccc2)c2ccccc12. The summed E-state index contributed by atoms with van der Waals surface area (Å²) in [6.45, 7) is 1.98. The van der Waals surface area contributed by atoms with E-state index in [1.54, 1.807) is 0 Å². The number of benzene rings is 2. The van der Waals surface area contributed by atoms with Gasteiger partial charge < -0.3 is 0 Å². The van der Waals surface area contributed by atoms with Crippen molar-refractivity contribution in [1.29, 1.82) is 0 Å². The maximum Gasteiger partial charge on any atom is 0.0727 e. The Morgan fingerprint density at radius 1 is 0.900 bits per heavy atom. The molecule has 0 amide bonds. The standard InChI is InChI=1S/C17H15ClN2/c1-12-14-9-5-6-10-15(14)17(20-19-12)11-16(18)13-7-3-2-4-8-13/h2-10,16H,11H2,1H3. The van der Waals surface area contributed by atoms with Gasteiger partial charge in [-0.05, 0) is 12.5 Å². The highest BCUT2D eigenvalue weighted by Gasteiger charge is 2.13. The van der Waals surface area contributed by atoms with Crippen molar-refractivity contribution < 1.29 is 0 Å². The van der Waals surface area contributed by atoms with Crippen LogP contribution in [-0.2, 0) is 6.42 Å². The van der Waals surface area contributed by atoms with Crippen LogP contribution >= 0.6 is 11.6 Å². The number of aryl methyl sites for hydroxylation is 1. The molecule has 0 aliphatic rings. The third-order valence-electron chi connectivity index (χ3n) is 3.48. The van der Waals surface area contributed by atoms with Gasteiger partial charge in [-0.25, -0.2) is 0 Å². The number of alkyl halides is 1. The molecule has 0 radical (unpaired) electrons. The molecule has 0 aliphatic heterocycles. The van der Waals surface area contributed by atoms with Gasteiger partial charge in [-0.1, -0.05) is 54.6 Å². The molecule has 100 valence electrons. The van der Waals surface area contributed by atoms with Crippen molar-refractivity contribution in [3.8, 4) is 0 Å². The van der Waals surface area contributed by atoms with E-state index in [4.69, 9.17) is 11.6 Å². The highest BCUT2D eigenvalue weighted by Crippen LogP contribution is 2.27. The van der Waals surface area contributed by atoms with Gasteiger partial charge in [-0.15, -0.1) is 11.6 Å². The first-order valence-corrected chi connectivity index (χ1v) is 7.09. The fraction of sp³-hybridized carbons (Fsp3) is 0.176. The molecule has 20 heavy (non-hydrogen) atoms. The molecule has 2 nitrogen and oxygen atoms in total. The highest BCUT2D eigenvalue weighted by atomic mass is 35.5. The van der Waals surface area contributed by atoms with Crippen molar-refractivity contribution in [2.45, 2.75) is 18.7 Å². The van der Waals surface area contributed by atoms with Crippen molar-refractivity contribution in [3.63, 3.8) is 0 Å². The van der Waals surface area contributed by atoms with E-state index in [1.807, 2.05) is 49.4 Å². The van der Waals surface area contributed by atoms with E-state index in [9.17, 15) is 0 Å². The number of halogens is 1. The molecule has 1 heterocycles. The van der Waals surface area contributed by atoms with Crippen LogP contribution in [0.3, 0.4) is 0 Å². The van der Waals surface area contributed by atoms with E-state index < -0.39 is 0 Å². The van der Waals surface area contributed by atoms with Gasteiger partial charge in [-0.3, -0.25) is 0 Å². The Balaban J connectivity index is 1.97. The smallest absolute Gasteiger partial charge is 0.0727 e. The number of fused-ring (bicyclic) bond motifs is 1. The average Bonchev–Trinajstić information content (AvgIpc) is 2.51. The van der Waals surface area contributed by atoms with Crippen LogP contribution in [0.15, 0.2) is 54.6 Å². The molecule has 2 aromatic carbocycles. The second-order valence-electron chi connectivity index (χ2n) is 4.86. The summed E-state index contributed by atoms with van der Waals surface area (Å²) in [5, 5.41) is 10.8.